The van der Waals surface area contributed by atoms with Crippen molar-refractivity contribution in [2.75, 3.05) is 20.8 Å². The van der Waals surface area contributed by atoms with E-state index in [9.17, 15) is 18.0 Å². The summed E-state index contributed by atoms with van der Waals surface area (Å²) in [6.07, 6.45) is -3.98. The van der Waals surface area contributed by atoms with Crippen molar-refractivity contribution in [1.82, 2.24) is 4.90 Å². The fraction of sp³-hybridized carbons (Fsp3) is 0.194. The maximum absolute atomic E-state index is 13.8. The van der Waals surface area contributed by atoms with E-state index in [4.69, 9.17) is 9.47 Å². The lowest BCUT2D eigenvalue weighted by Crippen LogP contribution is -2.40. The molecule has 1 atom stereocenters. The second kappa shape index (κ2) is 10.2. The maximum Gasteiger partial charge on any atom is 0.416 e. The summed E-state index contributed by atoms with van der Waals surface area (Å²) in [4.78, 5) is 15.5. The molecule has 194 valence electrons. The van der Waals surface area contributed by atoms with Gasteiger partial charge in [0, 0.05) is 12.1 Å². The number of ether oxygens (including phenoxy) is 2. The molecule has 0 radical (unpaired) electrons. The molecule has 0 saturated heterocycles. The van der Waals surface area contributed by atoms with Gasteiger partial charge in [-0.2, -0.15) is 13.2 Å². The average Bonchev–Trinajstić information content (AvgIpc) is 2.95. The van der Waals surface area contributed by atoms with Crippen molar-refractivity contribution in [2.24, 2.45) is 0 Å². The maximum atomic E-state index is 13.8. The van der Waals surface area contributed by atoms with Gasteiger partial charge in [0.2, 0.25) is 0 Å². The minimum absolute atomic E-state index is 0.257. The Balaban J connectivity index is 1.58. The van der Waals surface area contributed by atoms with Gasteiger partial charge in [-0.1, -0.05) is 54.6 Å². The monoisotopic (exact) mass is 517 g/mol. The van der Waals surface area contributed by atoms with E-state index in [1.807, 2.05) is 48.5 Å². The third-order valence-corrected chi connectivity index (χ3v) is 6.90. The van der Waals surface area contributed by atoms with Crippen molar-refractivity contribution in [3.05, 3.63) is 119 Å². The highest BCUT2D eigenvalue weighted by Crippen LogP contribution is 2.42. The van der Waals surface area contributed by atoms with Gasteiger partial charge in [-0.3, -0.25) is 4.79 Å². The summed E-state index contributed by atoms with van der Waals surface area (Å²) < 4.78 is 51.8. The lowest BCUT2D eigenvalue weighted by atomic mass is 9.86. The van der Waals surface area contributed by atoms with Crippen molar-refractivity contribution >= 4 is 5.91 Å². The number of hydrogen-bond acceptors (Lipinski definition) is 3. The molecule has 4 nitrogen and oxygen atoms in total. The molecular weight excluding hydrogens is 491 g/mol. The van der Waals surface area contributed by atoms with Crippen molar-refractivity contribution in [3.63, 3.8) is 0 Å². The van der Waals surface area contributed by atoms with Gasteiger partial charge in [0.25, 0.3) is 5.91 Å². The van der Waals surface area contributed by atoms with Gasteiger partial charge in [-0.05, 0) is 70.6 Å². The van der Waals surface area contributed by atoms with Crippen LogP contribution in [0, 0.1) is 0 Å². The van der Waals surface area contributed by atoms with E-state index in [1.165, 1.54) is 20.3 Å². The van der Waals surface area contributed by atoms with Crippen LogP contribution in [-0.4, -0.2) is 31.6 Å². The van der Waals surface area contributed by atoms with Crippen LogP contribution in [0.2, 0.25) is 0 Å². The molecule has 1 unspecified atom stereocenters. The van der Waals surface area contributed by atoms with E-state index in [0.29, 0.717) is 41.2 Å². The van der Waals surface area contributed by atoms with Crippen LogP contribution in [-0.2, 0) is 12.6 Å². The number of halogens is 3. The molecule has 0 N–H and O–H groups in total. The number of nitrogens with zero attached hydrogens (tertiary/aromatic N) is 1. The highest BCUT2D eigenvalue weighted by molar-refractivity contribution is 5.95. The minimum Gasteiger partial charge on any atom is -0.493 e. The molecule has 0 bridgehead atoms. The highest BCUT2D eigenvalue weighted by atomic mass is 19.4. The predicted octanol–water partition coefficient (Wildman–Crippen LogP) is 7.18. The molecule has 0 aliphatic carbocycles. The van der Waals surface area contributed by atoms with Crippen LogP contribution in [0.4, 0.5) is 13.2 Å². The first-order valence-corrected chi connectivity index (χ1v) is 12.2. The molecule has 4 aromatic carbocycles. The molecule has 1 heterocycles. The van der Waals surface area contributed by atoms with Crippen molar-refractivity contribution < 1.29 is 27.4 Å². The fourth-order valence-electron chi connectivity index (χ4n) is 5.01. The van der Waals surface area contributed by atoms with Gasteiger partial charge in [-0.25, -0.2) is 0 Å². The number of carbonyl (C=O) groups excluding carboxylic acids is 1. The highest BCUT2D eigenvalue weighted by Gasteiger charge is 2.36. The van der Waals surface area contributed by atoms with E-state index in [2.05, 4.69) is 0 Å². The van der Waals surface area contributed by atoms with Gasteiger partial charge in [0.1, 0.15) is 0 Å². The molecule has 5 rings (SSSR count). The third-order valence-electron chi connectivity index (χ3n) is 6.90. The second-order valence-electron chi connectivity index (χ2n) is 9.12. The zero-order valence-corrected chi connectivity index (χ0v) is 21.0. The van der Waals surface area contributed by atoms with E-state index in [1.54, 1.807) is 29.2 Å². The molecule has 0 fully saturated rings. The van der Waals surface area contributed by atoms with Gasteiger partial charge >= 0.3 is 6.18 Å². The number of fused-ring (bicyclic) bond motifs is 1. The zero-order valence-electron chi connectivity index (χ0n) is 21.0. The molecule has 38 heavy (non-hydrogen) atoms. The molecule has 1 aliphatic rings. The van der Waals surface area contributed by atoms with Crippen LogP contribution in [0.3, 0.4) is 0 Å². The van der Waals surface area contributed by atoms with Crippen LogP contribution < -0.4 is 9.47 Å². The smallest absolute Gasteiger partial charge is 0.416 e. The summed E-state index contributed by atoms with van der Waals surface area (Å²) in [7, 11) is 3.04. The molecule has 1 aliphatic heterocycles. The number of carbonyl (C=O) groups is 1. The molecule has 7 heteroatoms. The standard InChI is InChI=1S/C31H26F3NO3/c1-37-27-18-23-15-16-35(30(36)22-13-11-21(12-14-22)20-7-4-3-5-8-20)29(26(23)19-28(27)38-2)24-9-6-10-25(17-24)31(32,33)34/h3-14,17-19,29H,15-16H2,1-2H3. The Morgan fingerprint density at radius 3 is 2.13 bits per heavy atom. The normalized spacial score (nSPS) is 15.1. The Morgan fingerprint density at radius 1 is 0.816 bits per heavy atom. The van der Waals surface area contributed by atoms with Crippen LogP contribution in [0.1, 0.15) is 38.7 Å². The first kappa shape index (κ1) is 25.4. The van der Waals surface area contributed by atoms with Crippen LogP contribution >= 0.6 is 0 Å². The molecular formula is C31H26F3NO3. The minimum atomic E-state index is -4.51. The van der Waals surface area contributed by atoms with Crippen molar-refractivity contribution in [1.29, 1.82) is 0 Å². The largest absolute Gasteiger partial charge is 0.493 e. The SMILES string of the molecule is COc1cc2c(cc1OC)C(c1cccc(C(F)(F)F)c1)N(C(=O)c1ccc(-c3ccccc3)cc1)CC2. The summed E-state index contributed by atoms with van der Waals surface area (Å²) in [6.45, 7) is 0.336. The number of rotatable bonds is 5. The van der Waals surface area contributed by atoms with E-state index in [-0.39, 0.29) is 5.91 Å². The average molecular weight is 518 g/mol. The fourth-order valence-corrected chi connectivity index (χ4v) is 5.01. The number of alkyl halides is 3. The molecule has 4 aromatic rings. The number of hydrogen-bond donors (Lipinski definition) is 0. The van der Waals surface area contributed by atoms with Gasteiger partial charge in [0.15, 0.2) is 11.5 Å². The lowest BCUT2D eigenvalue weighted by Gasteiger charge is -2.38. The van der Waals surface area contributed by atoms with E-state index >= 15 is 0 Å². The summed E-state index contributed by atoms with van der Waals surface area (Å²) in [5.74, 6) is 0.725. The van der Waals surface area contributed by atoms with Crippen LogP contribution in [0.15, 0.2) is 91.0 Å². The van der Waals surface area contributed by atoms with Crippen molar-refractivity contribution in [3.8, 4) is 22.6 Å². The topological polar surface area (TPSA) is 38.8 Å². The lowest BCUT2D eigenvalue weighted by molar-refractivity contribution is -0.137. The molecule has 0 saturated carbocycles. The second-order valence-corrected chi connectivity index (χ2v) is 9.12. The van der Waals surface area contributed by atoms with Crippen LogP contribution in [0.5, 0.6) is 11.5 Å². The zero-order chi connectivity index (χ0) is 26.9. The Morgan fingerprint density at radius 2 is 1.47 bits per heavy atom. The Kier molecular flexibility index (Phi) is 6.85. The number of methoxy groups -OCH3 is 2. The van der Waals surface area contributed by atoms with Crippen molar-refractivity contribution in [2.45, 2.75) is 18.6 Å². The Bertz CT molecular complexity index is 1450. The summed E-state index contributed by atoms with van der Waals surface area (Å²) in [5.41, 5.74) is 3.68. The van der Waals surface area contributed by atoms with E-state index in [0.717, 1.165) is 28.8 Å². The summed E-state index contributed by atoms with van der Waals surface area (Å²) >= 11 is 0. The first-order valence-electron chi connectivity index (χ1n) is 12.2. The van der Waals surface area contributed by atoms with Gasteiger partial charge < -0.3 is 14.4 Å². The Hall–Kier alpha value is -4.26. The molecule has 0 spiro atoms. The summed E-state index contributed by atoms with van der Waals surface area (Å²) in [6, 6.07) is 25.1. The quantitative estimate of drug-likeness (QED) is 0.282. The van der Waals surface area contributed by atoms with Crippen LogP contribution in [0.25, 0.3) is 11.1 Å². The number of amides is 1. The Labute approximate surface area is 219 Å². The van der Waals surface area contributed by atoms with Gasteiger partial charge in [0.05, 0.1) is 25.8 Å². The summed E-state index contributed by atoms with van der Waals surface area (Å²) in [5, 5.41) is 0. The predicted molar refractivity (Wildman–Crippen MR) is 139 cm³/mol. The van der Waals surface area contributed by atoms with E-state index < -0.39 is 17.8 Å². The van der Waals surface area contributed by atoms with Gasteiger partial charge in [-0.15, -0.1) is 0 Å². The number of benzene rings is 4. The first-order chi connectivity index (χ1) is 18.3. The molecule has 1 amide bonds. The molecule has 0 aromatic heterocycles. The third kappa shape index (κ3) is 4.84.